The Morgan fingerprint density at radius 2 is 0.527 bits per heavy atom. The zero-order chi connectivity index (χ0) is 53.6. The largest absolute Gasteiger partial charge is 0.462 e. The maximum absolute atomic E-state index is 12.9. The number of unbranched alkanes of at least 4 members (excludes halogenated alkanes) is 32. The summed E-state index contributed by atoms with van der Waals surface area (Å²) in [6.45, 7) is 6.51. The quantitative estimate of drug-likeness (QED) is 0.0261. The van der Waals surface area contributed by atoms with Gasteiger partial charge in [-0.05, 0) is 96.3 Å². The number of allylic oxidation sites excluding steroid dienone is 14. The third-order valence-electron chi connectivity index (χ3n) is 13.6. The Hall–Kier alpha value is -3.41. The molecular formula is C68H118O6. The van der Waals surface area contributed by atoms with Gasteiger partial charge in [-0.15, -0.1) is 0 Å². The minimum absolute atomic E-state index is 0.0863. The Bertz CT molecular complexity index is 1420. The van der Waals surface area contributed by atoms with E-state index in [1.807, 2.05) is 0 Å². The van der Waals surface area contributed by atoms with Gasteiger partial charge < -0.3 is 14.2 Å². The predicted octanol–water partition coefficient (Wildman–Crippen LogP) is 21.5. The van der Waals surface area contributed by atoms with Crippen molar-refractivity contribution in [2.45, 2.75) is 316 Å². The summed E-state index contributed by atoms with van der Waals surface area (Å²) in [5.74, 6) is -0.910. The highest BCUT2D eigenvalue weighted by molar-refractivity contribution is 5.71. The average Bonchev–Trinajstić information content (AvgIpc) is 3.40. The Kier molecular flexibility index (Phi) is 59.3. The lowest BCUT2D eigenvalue weighted by atomic mass is 10.0. The van der Waals surface area contributed by atoms with Gasteiger partial charge in [-0.25, -0.2) is 0 Å². The molecule has 1 atom stereocenters. The molecule has 0 bridgehead atoms. The average molecular weight is 1030 g/mol. The summed E-state index contributed by atoms with van der Waals surface area (Å²) < 4.78 is 16.9. The molecule has 0 spiro atoms. The minimum atomic E-state index is -0.793. The molecule has 6 nitrogen and oxygen atoms in total. The third-order valence-corrected chi connectivity index (χ3v) is 13.6. The Labute approximate surface area is 458 Å². The number of rotatable bonds is 57. The molecular weight excluding hydrogens is 913 g/mol. The van der Waals surface area contributed by atoms with Crippen LogP contribution in [0.25, 0.3) is 0 Å². The molecule has 0 rings (SSSR count). The summed E-state index contributed by atoms with van der Waals surface area (Å²) >= 11 is 0. The molecule has 0 aromatic heterocycles. The van der Waals surface area contributed by atoms with E-state index < -0.39 is 6.10 Å². The van der Waals surface area contributed by atoms with E-state index in [9.17, 15) is 14.4 Å². The van der Waals surface area contributed by atoms with Crippen LogP contribution in [-0.2, 0) is 28.6 Å². The third kappa shape index (κ3) is 59.5. The van der Waals surface area contributed by atoms with Gasteiger partial charge in [0.25, 0.3) is 0 Å². The minimum Gasteiger partial charge on any atom is -0.462 e. The molecule has 0 aliphatic carbocycles. The first-order valence-corrected chi connectivity index (χ1v) is 31.6. The van der Waals surface area contributed by atoms with Crippen LogP contribution in [0.2, 0.25) is 0 Å². The molecule has 0 saturated carbocycles. The number of ether oxygens (including phenoxy) is 3. The van der Waals surface area contributed by atoms with Gasteiger partial charge in [-0.3, -0.25) is 14.4 Å². The fraction of sp³-hybridized carbons (Fsp3) is 0.750. The zero-order valence-electron chi connectivity index (χ0n) is 48.8. The highest BCUT2D eigenvalue weighted by Crippen LogP contribution is 2.17. The highest BCUT2D eigenvalue weighted by atomic mass is 16.6. The van der Waals surface area contributed by atoms with Crippen LogP contribution < -0.4 is 0 Å². The molecule has 0 amide bonds. The molecule has 0 aliphatic heterocycles. The second-order valence-electron chi connectivity index (χ2n) is 20.9. The van der Waals surface area contributed by atoms with Crippen molar-refractivity contribution in [3.05, 3.63) is 85.1 Å². The molecule has 0 aromatic carbocycles. The number of hydrogen-bond acceptors (Lipinski definition) is 6. The van der Waals surface area contributed by atoms with E-state index in [1.54, 1.807) is 0 Å². The van der Waals surface area contributed by atoms with Crippen molar-refractivity contribution >= 4 is 17.9 Å². The van der Waals surface area contributed by atoms with Crippen molar-refractivity contribution in [3.63, 3.8) is 0 Å². The first-order valence-electron chi connectivity index (χ1n) is 31.6. The lowest BCUT2D eigenvalue weighted by molar-refractivity contribution is -0.167. The van der Waals surface area contributed by atoms with Crippen molar-refractivity contribution in [1.82, 2.24) is 0 Å². The van der Waals surface area contributed by atoms with Crippen LogP contribution in [0, 0.1) is 0 Å². The number of carbonyl (C=O) groups excluding carboxylic acids is 3. The first kappa shape index (κ1) is 70.6. The van der Waals surface area contributed by atoms with Crippen LogP contribution in [0.5, 0.6) is 0 Å². The Balaban J connectivity index is 4.43. The van der Waals surface area contributed by atoms with Gasteiger partial charge in [-0.2, -0.15) is 0 Å². The van der Waals surface area contributed by atoms with Crippen molar-refractivity contribution in [2.75, 3.05) is 13.2 Å². The fourth-order valence-electron chi connectivity index (χ4n) is 8.91. The molecule has 0 unspecified atom stereocenters. The van der Waals surface area contributed by atoms with Crippen LogP contribution in [-0.4, -0.2) is 37.2 Å². The van der Waals surface area contributed by atoms with Crippen molar-refractivity contribution in [3.8, 4) is 0 Å². The van der Waals surface area contributed by atoms with Crippen LogP contribution >= 0.6 is 0 Å². The van der Waals surface area contributed by atoms with Crippen molar-refractivity contribution in [2.24, 2.45) is 0 Å². The number of carbonyl (C=O) groups is 3. The summed E-state index contributed by atoms with van der Waals surface area (Å²) in [5.41, 5.74) is 0. The first-order chi connectivity index (χ1) is 36.5. The summed E-state index contributed by atoms with van der Waals surface area (Å²) in [5, 5.41) is 0. The monoisotopic (exact) mass is 1030 g/mol. The smallest absolute Gasteiger partial charge is 0.306 e. The van der Waals surface area contributed by atoms with Gasteiger partial charge in [0, 0.05) is 19.3 Å². The van der Waals surface area contributed by atoms with Crippen LogP contribution in [0.15, 0.2) is 85.1 Å². The van der Waals surface area contributed by atoms with Gasteiger partial charge in [0.1, 0.15) is 13.2 Å². The number of hydrogen-bond donors (Lipinski definition) is 0. The molecule has 0 aliphatic rings. The van der Waals surface area contributed by atoms with E-state index >= 15 is 0 Å². The summed E-state index contributed by atoms with van der Waals surface area (Å²) in [7, 11) is 0. The van der Waals surface area contributed by atoms with E-state index in [2.05, 4.69) is 106 Å². The maximum Gasteiger partial charge on any atom is 0.306 e. The van der Waals surface area contributed by atoms with E-state index in [4.69, 9.17) is 14.2 Å². The highest BCUT2D eigenvalue weighted by Gasteiger charge is 2.19. The van der Waals surface area contributed by atoms with Crippen molar-refractivity contribution in [1.29, 1.82) is 0 Å². The Morgan fingerprint density at radius 3 is 0.865 bits per heavy atom. The van der Waals surface area contributed by atoms with Gasteiger partial charge >= 0.3 is 17.9 Å². The Morgan fingerprint density at radius 1 is 0.284 bits per heavy atom. The molecule has 0 radical (unpaired) electrons. The molecule has 426 valence electrons. The molecule has 0 saturated heterocycles. The second-order valence-corrected chi connectivity index (χ2v) is 20.9. The van der Waals surface area contributed by atoms with Crippen LogP contribution in [0.4, 0.5) is 0 Å². The van der Waals surface area contributed by atoms with Crippen LogP contribution in [0.1, 0.15) is 310 Å². The molecule has 74 heavy (non-hydrogen) atoms. The summed E-state index contributed by atoms with van der Waals surface area (Å²) in [6, 6.07) is 0. The lowest BCUT2D eigenvalue weighted by Crippen LogP contribution is -2.30. The summed E-state index contributed by atoms with van der Waals surface area (Å²) in [4.78, 5) is 38.3. The molecule has 0 aromatic rings. The van der Waals surface area contributed by atoms with Gasteiger partial charge in [0.15, 0.2) is 6.10 Å². The fourth-order valence-corrected chi connectivity index (χ4v) is 8.91. The van der Waals surface area contributed by atoms with E-state index in [0.29, 0.717) is 19.3 Å². The van der Waals surface area contributed by atoms with Gasteiger partial charge in [0.05, 0.1) is 0 Å². The molecule has 6 heteroatoms. The maximum atomic E-state index is 12.9. The number of esters is 3. The lowest BCUT2D eigenvalue weighted by Gasteiger charge is -2.18. The zero-order valence-corrected chi connectivity index (χ0v) is 48.8. The standard InChI is InChI=1S/C68H118O6/c1-4-7-10-13-16-19-22-25-28-31-34-37-40-43-46-49-52-55-58-61-67(70)73-64-65(63-72-66(69)60-57-54-51-48-45-42-39-36-33-30-27-24-21-18-15-12-9-6-3)74-68(71)62-59-56-53-50-47-44-41-38-35-32-29-26-23-20-17-14-11-8-5-2/h7,10,16-17,19-20,25-26,28-29,34,37,43,46,65H,4-6,8-9,11-15,18,21-24,27,30-33,35-36,38-42,44-45,47-64H2,1-3H3/b10-7-,19-16-,20-17-,28-25-,29-26-,37-34-,46-43-/t65-/m1/s1. The van der Waals surface area contributed by atoms with Gasteiger partial charge in [0.2, 0.25) is 0 Å². The molecule has 0 fully saturated rings. The normalized spacial score (nSPS) is 12.6. The molecule has 0 N–H and O–H groups in total. The molecule has 0 heterocycles. The van der Waals surface area contributed by atoms with E-state index in [-0.39, 0.29) is 31.1 Å². The van der Waals surface area contributed by atoms with Gasteiger partial charge in [-0.1, -0.05) is 279 Å². The SMILES string of the molecule is CC/C=C\C/C=C\C/C=C\C/C=C\C/C=C\CCCCCC(=O)OC[C@@H](COC(=O)CCCCCCCCCCCCCCCCCCCC)OC(=O)CCCCCCCCCCC/C=C\C/C=C\CCCCC. The van der Waals surface area contributed by atoms with Crippen molar-refractivity contribution < 1.29 is 28.6 Å². The predicted molar refractivity (Wildman–Crippen MR) is 321 cm³/mol. The van der Waals surface area contributed by atoms with E-state index in [0.717, 1.165) is 103 Å². The topological polar surface area (TPSA) is 78.9 Å². The van der Waals surface area contributed by atoms with Crippen LogP contribution in [0.3, 0.4) is 0 Å². The summed E-state index contributed by atoms with van der Waals surface area (Å²) in [6.07, 6.45) is 81.5. The second kappa shape index (κ2) is 62.1. The van der Waals surface area contributed by atoms with E-state index in [1.165, 1.54) is 167 Å².